The fourth-order valence-corrected chi connectivity index (χ4v) is 0.767. The van der Waals surface area contributed by atoms with Gasteiger partial charge in [0.15, 0.2) is 0 Å². The Labute approximate surface area is 71.4 Å². The topological polar surface area (TPSA) is 116 Å². The number of carboxylic acid groups (broad SMARTS) is 1. The lowest BCUT2D eigenvalue weighted by Crippen LogP contribution is -2.27. The number of hydrogen-bond donors (Lipinski definition) is 3. The first-order valence-electron chi connectivity index (χ1n) is 3.49. The van der Waals surface area contributed by atoms with Crippen LogP contribution in [0.3, 0.4) is 0 Å². The molecular weight excluding hydrogens is 178 g/mol. The fraction of sp³-hybridized carbons (Fsp3) is 0.333. The zero-order valence-electron chi connectivity index (χ0n) is 6.53. The van der Waals surface area contributed by atoms with Gasteiger partial charge in [-0.3, -0.25) is 14.6 Å². The van der Waals surface area contributed by atoms with Gasteiger partial charge in [-0.15, -0.1) is 0 Å². The number of aromatic nitrogens is 3. The number of carbonyl (C=O) groups is 1. The average molecular weight is 185 g/mol. The predicted octanol–water partition coefficient (Wildman–Crippen LogP) is -1.52. The number of nitrogens with one attached hydrogen (secondary N) is 2. The standard InChI is InChI=1S/C6H7N3O4/c10-4(11)2-1-3-5(12)7-6(13)9-8-3/h1-2H2,(H,10,11)(H2,7,9,12,13). The van der Waals surface area contributed by atoms with E-state index in [1.807, 2.05) is 10.1 Å². The highest BCUT2D eigenvalue weighted by atomic mass is 16.4. The third kappa shape index (κ3) is 2.55. The molecule has 0 radical (unpaired) electrons. The Morgan fingerprint density at radius 2 is 2.15 bits per heavy atom. The van der Waals surface area contributed by atoms with E-state index in [0.717, 1.165) is 0 Å². The maximum atomic E-state index is 10.9. The van der Waals surface area contributed by atoms with Gasteiger partial charge in [-0.25, -0.2) is 9.89 Å². The smallest absolute Gasteiger partial charge is 0.342 e. The van der Waals surface area contributed by atoms with Crippen LogP contribution in [-0.2, 0) is 11.2 Å². The molecular formula is C6H7N3O4. The number of aryl methyl sites for hydroxylation is 1. The second kappa shape index (κ2) is 3.65. The van der Waals surface area contributed by atoms with E-state index in [0.29, 0.717) is 0 Å². The highest BCUT2D eigenvalue weighted by Gasteiger charge is 2.04. The van der Waals surface area contributed by atoms with Crippen LogP contribution in [0.1, 0.15) is 12.1 Å². The molecule has 7 heteroatoms. The van der Waals surface area contributed by atoms with Crippen molar-refractivity contribution >= 4 is 5.97 Å². The average Bonchev–Trinajstić information content (AvgIpc) is 2.02. The molecule has 0 amide bonds. The minimum Gasteiger partial charge on any atom is -0.481 e. The first-order chi connectivity index (χ1) is 6.09. The van der Waals surface area contributed by atoms with Crippen molar-refractivity contribution in [2.75, 3.05) is 0 Å². The molecule has 3 N–H and O–H groups in total. The number of hydrogen-bond acceptors (Lipinski definition) is 4. The molecule has 1 aromatic rings. The van der Waals surface area contributed by atoms with Crippen LogP contribution in [0.4, 0.5) is 0 Å². The summed E-state index contributed by atoms with van der Waals surface area (Å²) in [6.45, 7) is 0. The molecule has 0 aromatic carbocycles. The second-order valence-corrected chi connectivity index (χ2v) is 2.35. The summed E-state index contributed by atoms with van der Waals surface area (Å²) in [4.78, 5) is 33.5. The molecule has 0 aliphatic carbocycles. The molecule has 0 aliphatic rings. The van der Waals surface area contributed by atoms with Gasteiger partial charge in [0.1, 0.15) is 5.69 Å². The van der Waals surface area contributed by atoms with Crippen LogP contribution in [-0.4, -0.2) is 26.3 Å². The Hall–Kier alpha value is -1.92. The summed E-state index contributed by atoms with van der Waals surface area (Å²) in [6.07, 6.45) is -0.191. The molecule has 0 saturated heterocycles. The summed E-state index contributed by atoms with van der Waals surface area (Å²) in [7, 11) is 0. The number of nitrogens with zero attached hydrogens (tertiary/aromatic N) is 1. The fourth-order valence-electron chi connectivity index (χ4n) is 0.767. The minimum absolute atomic E-state index is 0.00144. The lowest BCUT2D eigenvalue weighted by atomic mass is 10.2. The molecule has 70 valence electrons. The largest absolute Gasteiger partial charge is 0.481 e. The van der Waals surface area contributed by atoms with E-state index in [2.05, 4.69) is 5.10 Å². The molecule has 1 rings (SSSR count). The van der Waals surface area contributed by atoms with Crippen molar-refractivity contribution in [3.8, 4) is 0 Å². The minimum atomic E-state index is -1.02. The number of aromatic amines is 2. The maximum absolute atomic E-state index is 10.9. The number of H-pyrrole nitrogens is 2. The summed E-state index contributed by atoms with van der Waals surface area (Å²) in [6, 6.07) is 0. The molecule has 0 saturated carbocycles. The lowest BCUT2D eigenvalue weighted by molar-refractivity contribution is -0.136. The van der Waals surface area contributed by atoms with Gasteiger partial charge >= 0.3 is 11.7 Å². The van der Waals surface area contributed by atoms with E-state index in [4.69, 9.17) is 5.11 Å². The van der Waals surface area contributed by atoms with Gasteiger partial charge in [-0.1, -0.05) is 0 Å². The van der Waals surface area contributed by atoms with Gasteiger partial charge in [0.05, 0.1) is 6.42 Å². The Morgan fingerprint density at radius 3 is 2.69 bits per heavy atom. The Kier molecular flexibility index (Phi) is 2.58. The highest BCUT2D eigenvalue weighted by molar-refractivity contribution is 5.66. The molecule has 0 aliphatic heterocycles. The van der Waals surface area contributed by atoms with Crippen LogP contribution in [0.2, 0.25) is 0 Å². The molecule has 7 nitrogen and oxygen atoms in total. The van der Waals surface area contributed by atoms with Gasteiger partial charge in [0.2, 0.25) is 0 Å². The summed E-state index contributed by atoms with van der Waals surface area (Å²) in [5.41, 5.74) is -1.34. The Morgan fingerprint density at radius 1 is 1.46 bits per heavy atom. The lowest BCUT2D eigenvalue weighted by Gasteiger charge is -1.93. The molecule has 0 spiro atoms. The number of aliphatic carboxylic acids is 1. The normalized spacial score (nSPS) is 9.85. The SMILES string of the molecule is O=C(O)CCc1n[nH]c(=O)[nH]c1=O. The Balaban J connectivity index is 2.84. The first-order valence-corrected chi connectivity index (χ1v) is 3.49. The molecule has 0 unspecified atom stereocenters. The number of rotatable bonds is 3. The van der Waals surface area contributed by atoms with Crippen molar-refractivity contribution in [2.24, 2.45) is 0 Å². The van der Waals surface area contributed by atoms with E-state index in [1.165, 1.54) is 0 Å². The second-order valence-electron chi connectivity index (χ2n) is 2.35. The molecule has 1 heterocycles. The third-order valence-corrected chi connectivity index (χ3v) is 1.36. The zero-order valence-corrected chi connectivity index (χ0v) is 6.53. The van der Waals surface area contributed by atoms with Crippen LogP contribution in [0, 0.1) is 0 Å². The molecule has 1 aromatic heterocycles. The van der Waals surface area contributed by atoms with Crippen molar-refractivity contribution in [2.45, 2.75) is 12.8 Å². The highest BCUT2D eigenvalue weighted by Crippen LogP contribution is 1.88. The van der Waals surface area contributed by atoms with E-state index < -0.39 is 17.2 Å². The van der Waals surface area contributed by atoms with E-state index >= 15 is 0 Å². The first kappa shape index (κ1) is 9.17. The van der Waals surface area contributed by atoms with Crippen molar-refractivity contribution in [3.63, 3.8) is 0 Å². The van der Waals surface area contributed by atoms with Crippen molar-refractivity contribution in [3.05, 3.63) is 26.5 Å². The monoisotopic (exact) mass is 185 g/mol. The van der Waals surface area contributed by atoms with Crippen LogP contribution >= 0.6 is 0 Å². The van der Waals surface area contributed by atoms with Gasteiger partial charge in [-0.05, 0) is 0 Å². The van der Waals surface area contributed by atoms with Crippen LogP contribution in [0.5, 0.6) is 0 Å². The van der Waals surface area contributed by atoms with Crippen LogP contribution < -0.4 is 11.2 Å². The Bertz CT molecular complexity index is 418. The van der Waals surface area contributed by atoms with Crippen molar-refractivity contribution in [1.82, 2.24) is 15.2 Å². The van der Waals surface area contributed by atoms with E-state index in [1.54, 1.807) is 0 Å². The van der Waals surface area contributed by atoms with Gasteiger partial charge in [-0.2, -0.15) is 5.10 Å². The van der Waals surface area contributed by atoms with Crippen LogP contribution in [0.15, 0.2) is 9.59 Å². The van der Waals surface area contributed by atoms with E-state index in [-0.39, 0.29) is 18.5 Å². The van der Waals surface area contributed by atoms with Crippen molar-refractivity contribution < 1.29 is 9.90 Å². The zero-order chi connectivity index (χ0) is 9.84. The maximum Gasteiger partial charge on any atom is 0.342 e. The number of carboxylic acids is 1. The van der Waals surface area contributed by atoms with Gasteiger partial charge < -0.3 is 5.11 Å². The summed E-state index contributed by atoms with van der Waals surface area (Å²) in [5, 5.41) is 13.7. The summed E-state index contributed by atoms with van der Waals surface area (Å²) >= 11 is 0. The third-order valence-electron chi connectivity index (χ3n) is 1.36. The van der Waals surface area contributed by atoms with Crippen LogP contribution in [0.25, 0.3) is 0 Å². The summed E-state index contributed by atoms with van der Waals surface area (Å²) in [5.74, 6) is -1.02. The molecule has 0 atom stereocenters. The predicted molar refractivity (Wildman–Crippen MR) is 41.4 cm³/mol. The molecule has 0 bridgehead atoms. The van der Waals surface area contributed by atoms with Gasteiger partial charge in [0.25, 0.3) is 5.56 Å². The van der Waals surface area contributed by atoms with E-state index in [9.17, 15) is 14.4 Å². The van der Waals surface area contributed by atoms with Crippen molar-refractivity contribution in [1.29, 1.82) is 0 Å². The molecule has 13 heavy (non-hydrogen) atoms. The summed E-state index contributed by atoms with van der Waals surface area (Å²) < 4.78 is 0. The molecule has 0 fully saturated rings. The van der Waals surface area contributed by atoms with Gasteiger partial charge in [0, 0.05) is 6.42 Å². The quantitative estimate of drug-likeness (QED) is 0.528.